The number of ether oxygens (including phenoxy) is 4. The van der Waals surface area contributed by atoms with Gasteiger partial charge in [-0.2, -0.15) is 0 Å². The highest BCUT2D eigenvalue weighted by atomic mass is 16.6. The Morgan fingerprint density at radius 1 is 0.930 bits per heavy atom. The maximum atomic E-state index is 13.3. The van der Waals surface area contributed by atoms with E-state index in [1.165, 1.54) is 25.3 Å². The number of imidazole rings is 1. The van der Waals surface area contributed by atoms with Crippen LogP contribution in [-0.4, -0.2) is 59.3 Å². The molecule has 1 N–H and O–H groups in total. The summed E-state index contributed by atoms with van der Waals surface area (Å²) in [6.07, 6.45) is 5.20. The first-order chi connectivity index (χ1) is 20.7. The van der Waals surface area contributed by atoms with E-state index in [4.69, 9.17) is 18.9 Å². The SMILES string of the molecule is COC(=O)C1=C(C)NC(C)=C(C(=O)OCCOC(=O)c2ccc(OCCn3ccnc3)cc2)C1c1ccccc1[N+](=O)[O-]. The van der Waals surface area contributed by atoms with Crippen LogP contribution in [0, 0.1) is 10.1 Å². The number of nitrogens with one attached hydrogen (secondary N) is 1. The average molecular weight is 591 g/mol. The third-order valence-corrected chi connectivity index (χ3v) is 6.65. The van der Waals surface area contributed by atoms with Gasteiger partial charge in [0.1, 0.15) is 25.6 Å². The van der Waals surface area contributed by atoms with Crippen LogP contribution in [0.25, 0.3) is 0 Å². The molecular formula is C30H30N4O9. The highest BCUT2D eigenvalue weighted by molar-refractivity contribution is 6.00. The number of hydrogen-bond acceptors (Lipinski definition) is 11. The summed E-state index contributed by atoms with van der Waals surface area (Å²) < 4.78 is 23.1. The fourth-order valence-corrected chi connectivity index (χ4v) is 4.66. The Balaban J connectivity index is 1.39. The monoisotopic (exact) mass is 590 g/mol. The fraction of sp³-hybridized carbons (Fsp3) is 0.267. The number of nitro groups is 1. The Bertz CT molecular complexity index is 1560. The molecule has 0 saturated carbocycles. The van der Waals surface area contributed by atoms with Gasteiger partial charge in [0.25, 0.3) is 5.69 Å². The second-order valence-corrected chi connectivity index (χ2v) is 9.39. The van der Waals surface area contributed by atoms with Crippen molar-refractivity contribution in [2.24, 2.45) is 0 Å². The molecule has 3 aromatic rings. The molecule has 0 spiro atoms. The molecule has 1 aliphatic heterocycles. The number of hydrogen-bond donors (Lipinski definition) is 1. The quantitative estimate of drug-likeness (QED) is 0.108. The third kappa shape index (κ3) is 7.25. The van der Waals surface area contributed by atoms with Gasteiger partial charge in [-0.05, 0) is 38.1 Å². The van der Waals surface area contributed by atoms with E-state index in [2.05, 4.69) is 10.3 Å². The van der Waals surface area contributed by atoms with Gasteiger partial charge >= 0.3 is 17.9 Å². The minimum atomic E-state index is -1.13. The fourth-order valence-electron chi connectivity index (χ4n) is 4.66. The van der Waals surface area contributed by atoms with E-state index in [0.717, 1.165) is 0 Å². The smallest absolute Gasteiger partial charge is 0.338 e. The van der Waals surface area contributed by atoms with E-state index in [-0.39, 0.29) is 41.2 Å². The lowest BCUT2D eigenvalue weighted by Crippen LogP contribution is -2.33. The number of carbonyl (C=O) groups is 3. The summed E-state index contributed by atoms with van der Waals surface area (Å²) in [5, 5.41) is 14.8. The summed E-state index contributed by atoms with van der Waals surface area (Å²) in [5.41, 5.74) is 0.898. The van der Waals surface area contributed by atoms with E-state index in [1.54, 1.807) is 56.7 Å². The van der Waals surface area contributed by atoms with Crippen molar-refractivity contribution < 1.29 is 38.3 Å². The van der Waals surface area contributed by atoms with Crippen molar-refractivity contribution in [1.29, 1.82) is 0 Å². The molecule has 13 nitrogen and oxygen atoms in total. The molecule has 224 valence electrons. The minimum absolute atomic E-state index is 0.00439. The largest absolute Gasteiger partial charge is 0.492 e. The molecule has 0 amide bonds. The predicted octanol–water partition coefficient (Wildman–Crippen LogP) is 3.68. The number of methoxy groups -OCH3 is 1. The molecule has 4 rings (SSSR count). The van der Waals surface area contributed by atoms with Crippen LogP contribution in [0.4, 0.5) is 5.69 Å². The Labute approximate surface area is 246 Å². The standard InChI is InChI=1S/C30H30N4O9/c1-19-25(29(36)40-3)27(23-6-4-5-7-24(23)34(38)39)26(20(2)32-19)30(37)43-17-16-42-28(35)21-8-10-22(11-9-21)41-15-14-33-13-12-31-18-33/h4-13,18,27,32H,14-17H2,1-3H3. The number of nitro benzene ring substituents is 1. The Hall–Kier alpha value is -5.46. The number of para-hydroxylation sites is 1. The number of allylic oxidation sites excluding steroid dienone is 2. The lowest BCUT2D eigenvalue weighted by atomic mass is 9.79. The molecule has 0 saturated heterocycles. The van der Waals surface area contributed by atoms with Gasteiger partial charge < -0.3 is 28.8 Å². The van der Waals surface area contributed by atoms with E-state index in [9.17, 15) is 24.5 Å². The minimum Gasteiger partial charge on any atom is -0.492 e. The topological polar surface area (TPSA) is 161 Å². The summed E-state index contributed by atoms with van der Waals surface area (Å²) in [4.78, 5) is 53.8. The Kier molecular flexibility index (Phi) is 9.89. The van der Waals surface area contributed by atoms with Crippen molar-refractivity contribution in [1.82, 2.24) is 14.9 Å². The van der Waals surface area contributed by atoms with Crippen molar-refractivity contribution in [3.8, 4) is 5.75 Å². The number of carbonyl (C=O) groups excluding carboxylic acids is 3. The lowest BCUT2D eigenvalue weighted by molar-refractivity contribution is -0.385. The molecule has 2 aromatic carbocycles. The normalized spacial score (nSPS) is 14.5. The van der Waals surface area contributed by atoms with Crippen LogP contribution < -0.4 is 10.1 Å². The molecule has 1 atom stereocenters. The van der Waals surface area contributed by atoms with E-state index in [0.29, 0.717) is 30.3 Å². The maximum absolute atomic E-state index is 13.3. The number of esters is 3. The van der Waals surface area contributed by atoms with Crippen molar-refractivity contribution in [2.45, 2.75) is 26.3 Å². The predicted molar refractivity (Wildman–Crippen MR) is 152 cm³/mol. The summed E-state index contributed by atoms with van der Waals surface area (Å²) in [6.45, 7) is 3.71. The Morgan fingerprint density at radius 2 is 1.58 bits per heavy atom. The number of aromatic nitrogens is 2. The van der Waals surface area contributed by atoms with Gasteiger partial charge in [0.2, 0.25) is 0 Å². The van der Waals surface area contributed by atoms with E-state index < -0.39 is 28.7 Å². The molecule has 13 heteroatoms. The van der Waals surface area contributed by atoms with Crippen LogP contribution in [0.3, 0.4) is 0 Å². The maximum Gasteiger partial charge on any atom is 0.338 e. The van der Waals surface area contributed by atoms with Crippen LogP contribution in [0.1, 0.15) is 35.7 Å². The van der Waals surface area contributed by atoms with Crippen LogP contribution in [-0.2, 0) is 30.3 Å². The number of dihydropyridines is 1. The molecule has 0 fully saturated rings. The van der Waals surface area contributed by atoms with Gasteiger partial charge in [-0.15, -0.1) is 0 Å². The summed E-state index contributed by atoms with van der Waals surface area (Å²) in [6, 6.07) is 12.2. The average Bonchev–Trinajstić information content (AvgIpc) is 3.52. The van der Waals surface area contributed by atoms with Gasteiger partial charge in [0.15, 0.2) is 0 Å². The van der Waals surface area contributed by atoms with Crippen LogP contribution in [0.2, 0.25) is 0 Å². The first-order valence-electron chi connectivity index (χ1n) is 13.2. The van der Waals surface area contributed by atoms with Crippen LogP contribution >= 0.6 is 0 Å². The van der Waals surface area contributed by atoms with Crippen molar-refractivity contribution in [2.75, 3.05) is 26.9 Å². The molecule has 0 radical (unpaired) electrons. The first kappa shape index (κ1) is 30.5. The van der Waals surface area contributed by atoms with Crippen LogP contribution in [0.5, 0.6) is 5.75 Å². The molecule has 43 heavy (non-hydrogen) atoms. The van der Waals surface area contributed by atoms with Gasteiger partial charge in [-0.25, -0.2) is 19.4 Å². The molecule has 0 bridgehead atoms. The highest BCUT2D eigenvalue weighted by Crippen LogP contribution is 2.42. The van der Waals surface area contributed by atoms with Crippen molar-refractivity contribution in [3.05, 3.63) is 111 Å². The van der Waals surface area contributed by atoms with Gasteiger partial charge in [0, 0.05) is 35.4 Å². The molecule has 1 unspecified atom stereocenters. The van der Waals surface area contributed by atoms with Crippen molar-refractivity contribution >= 4 is 23.6 Å². The Morgan fingerprint density at radius 3 is 2.21 bits per heavy atom. The highest BCUT2D eigenvalue weighted by Gasteiger charge is 2.40. The third-order valence-electron chi connectivity index (χ3n) is 6.65. The lowest BCUT2D eigenvalue weighted by Gasteiger charge is -2.30. The van der Waals surface area contributed by atoms with Gasteiger partial charge in [-0.1, -0.05) is 18.2 Å². The second kappa shape index (κ2) is 13.9. The zero-order valence-corrected chi connectivity index (χ0v) is 23.8. The summed E-state index contributed by atoms with van der Waals surface area (Å²) >= 11 is 0. The number of benzene rings is 2. The number of rotatable bonds is 12. The van der Waals surface area contributed by atoms with Crippen molar-refractivity contribution in [3.63, 3.8) is 0 Å². The summed E-state index contributed by atoms with van der Waals surface area (Å²) in [7, 11) is 1.18. The van der Waals surface area contributed by atoms with Crippen LogP contribution in [0.15, 0.2) is 89.8 Å². The molecule has 2 heterocycles. The van der Waals surface area contributed by atoms with E-state index in [1.807, 2.05) is 10.8 Å². The molecular weight excluding hydrogens is 560 g/mol. The molecule has 1 aliphatic rings. The van der Waals surface area contributed by atoms with Gasteiger partial charge in [0.05, 0.1) is 47.5 Å². The zero-order chi connectivity index (χ0) is 30.9. The van der Waals surface area contributed by atoms with E-state index >= 15 is 0 Å². The summed E-state index contributed by atoms with van der Waals surface area (Å²) in [5.74, 6) is -2.77. The number of nitrogens with zero attached hydrogens (tertiary/aromatic N) is 3. The molecule has 1 aromatic heterocycles. The molecule has 0 aliphatic carbocycles. The second-order valence-electron chi connectivity index (χ2n) is 9.39. The first-order valence-corrected chi connectivity index (χ1v) is 13.2. The zero-order valence-electron chi connectivity index (χ0n) is 23.8. The van der Waals surface area contributed by atoms with Gasteiger partial charge in [-0.3, -0.25) is 10.1 Å².